The molecule has 1 rings (SSSR count). The van der Waals surface area contributed by atoms with Crippen molar-refractivity contribution in [1.82, 2.24) is 0 Å². The minimum atomic E-state index is 0. The van der Waals surface area contributed by atoms with Gasteiger partial charge in [-0.1, -0.05) is 41.5 Å². The van der Waals surface area contributed by atoms with Gasteiger partial charge in [0.05, 0.1) is 0 Å². The van der Waals surface area contributed by atoms with Crippen LogP contribution in [0.4, 0.5) is 0 Å². The standard InChI is InChI=1S/C13H19.Y/c1-8(2)13-7-9(3)10(4)11(5)12(13)6;/h8H,1-6H3;/q-1;. The van der Waals surface area contributed by atoms with E-state index in [4.69, 9.17) is 0 Å². The van der Waals surface area contributed by atoms with Crippen molar-refractivity contribution in [3.63, 3.8) is 0 Å². The zero-order valence-corrected chi connectivity index (χ0v) is 13.0. The average molecular weight is 264 g/mol. The van der Waals surface area contributed by atoms with Crippen LogP contribution in [0, 0.1) is 33.8 Å². The Labute approximate surface area is 113 Å². The molecule has 1 heteroatoms. The maximum Gasteiger partial charge on any atom is 0 e. The third-order valence-corrected chi connectivity index (χ3v) is 2.99. The Bertz CT molecular complexity index is 324. The van der Waals surface area contributed by atoms with E-state index in [1.54, 1.807) is 0 Å². The Balaban J connectivity index is 0.00000169. The van der Waals surface area contributed by atoms with E-state index in [9.17, 15) is 0 Å². The normalized spacial score (nSPS) is 10.2. The van der Waals surface area contributed by atoms with Crippen molar-refractivity contribution in [2.24, 2.45) is 0 Å². The summed E-state index contributed by atoms with van der Waals surface area (Å²) in [7, 11) is 0. The van der Waals surface area contributed by atoms with E-state index in [1.807, 2.05) is 0 Å². The summed E-state index contributed by atoms with van der Waals surface area (Å²) >= 11 is 0. The van der Waals surface area contributed by atoms with Gasteiger partial charge in [-0.15, -0.1) is 0 Å². The van der Waals surface area contributed by atoms with Crippen molar-refractivity contribution >= 4 is 0 Å². The van der Waals surface area contributed by atoms with E-state index in [0.717, 1.165) is 0 Å². The summed E-state index contributed by atoms with van der Waals surface area (Å²) in [4.78, 5) is 0. The molecule has 75 valence electrons. The molecule has 0 atom stereocenters. The molecule has 0 aromatic heterocycles. The maximum atomic E-state index is 3.48. The first-order valence-corrected chi connectivity index (χ1v) is 4.94. The summed E-state index contributed by atoms with van der Waals surface area (Å²) in [5.74, 6) is 0.581. The molecule has 1 aromatic carbocycles. The van der Waals surface area contributed by atoms with Gasteiger partial charge in [-0.2, -0.15) is 33.9 Å². The molecule has 0 bridgehead atoms. The van der Waals surface area contributed by atoms with Crippen LogP contribution in [0.5, 0.6) is 0 Å². The van der Waals surface area contributed by atoms with Crippen molar-refractivity contribution in [3.05, 3.63) is 33.9 Å². The molecule has 0 N–H and O–H groups in total. The van der Waals surface area contributed by atoms with Crippen molar-refractivity contribution in [3.8, 4) is 0 Å². The van der Waals surface area contributed by atoms with E-state index < -0.39 is 0 Å². The molecule has 0 saturated heterocycles. The molecule has 0 aliphatic carbocycles. The van der Waals surface area contributed by atoms with Crippen molar-refractivity contribution in [2.75, 3.05) is 0 Å². The Kier molecular flexibility index (Phi) is 5.54. The second-order valence-electron chi connectivity index (χ2n) is 4.19. The number of hydrogen-bond donors (Lipinski definition) is 0. The number of rotatable bonds is 1. The number of aryl methyl sites for hydroxylation is 1. The molecule has 14 heavy (non-hydrogen) atoms. The minimum Gasteiger partial charge on any atom is -0.176 e. The second-order valence-corrected chi connectivity index (χ2v) is 4.19. The van der Waals surface area contributed by atoms with Crippen LogP contribution in [0.15, 0.2) is 0 Å². The van der Waals surface area contributed by atoms with Crippen LogP contribution in [0.2, 0.25) is 0 Å². The number of benzene rings is 1. The molecule has 0 unspecified atom stereocenters. The molecule has 0 aliphatic heterocycles. The predicted molar refractivity (Wildman–Crippen MR) is 58.3 cm³/mol. The van der Waals surface area contributed by atoms with Crippen LogP contribution >= 0.6 is 0 Å². The maximum absolute atomic E-state index is 3.48. The zero-order valence-electron chi connectivity index (χ0n) is 10.2. The van der Waals surface area contributed by atoms with Gasteiger partial charge in [0.15, 0.2) is 0 Å². The van der Waals surface area contributed by atoms with Crippen LogP contribution in [0.1, 0.15) is 47.6 Å². The molecule has 1 radical (unpaired) electrons. The fourth-order valence-corrected chi connectivity index (χ4v) is 1.73. The van der Waals surface area contributed by atoms with E-state index in [2.05, 4.69) is 47.6 Å². The Morgan fingerprint density at radius 1 is 0.857 bits per heavy atom. The summed E-state index contributed by atoms with van der Waals surface area (Å²) in [5, 5.41) is 0. The van der Waals surface area contributed by atoms with Gasteiger partial charge >= 0.3 is 0 Å². The molecular formula is C13H19Y-. The van der Waals surface area contributed by atoms with Gasteiger partial charge in [0.1, 0.15) is 0 Å². The van der Waals surface area contributed by atoms with Gasteiger partial charge < -0.3 is 0 Å². The van der Waals surface area contributed by atoms with Gasteiger partial charge in [0, 0.05) is 32.7 Å². The van der Waals surface area contributed by atoms with Gasteiger partial charge in [-0.3, -0.25) is 0 Å². The third kappa shape index (κ3) is 2.67. The predicted octanol–water partition coefficient (Wildman–Crippen LogP) is 3.84. The second kappa shape index (κ2) is 5.42. The van der Waals surface area contributed by atoms with Crippen LogP contribution in [-0.4, -0.2) is 0 Å². The molecule has 0 heterocycles. The molecule has 0 fully saturated rings. The fourth-order valence-electron chi connectivity index (χ4n) is 1.73. The summed E-state index contributed by atoms with van der Waals surface area (Å²) in [6, 6.07) is 3.48. The molecule has 0 amide bonds. The van der Waals surface area contributed by atoms with Gasteiger partial charge in [-0.05, 0) is 5.92 Å². The van der Waals surface area contributed by atoms with Gasteiger partial charge in [0.25, 0.3) is 0 Å². The molecule has 0 aliphatic rings. The fraction of sp³-hybridized carbons (Fsp3) is 0.538. The molecule has 0 spiro atoms. The Morgan fingerprint density at radius 2 is 1.36 bits per heavy atom. The summed E-state index contributed by atoms with van der Waals surface area (Å²) in [6.45, 7) is 13.2. The van der Waals surface area contributed by atoms with Crippen molar-refractivity contribution in [1.29, 1.82) is 0 Å². The van der Waals surface area contributed by atoms with Crippen LogP contribution in [-0.2, 0) is 32.7 Å². The first-order chi connectivity index (χ1) is 5.95. The molecule has 0 saturated carbocycles. The van der Waals surface area contributed by atoms with E-state index in [-0.39, 0.29) is 32.7 Å². The zero-order chi connectivity index (χ0) is 10.2. The van der Waals surface area contributed by atoms with E-state index >= 15 is 0 Å². The smallest absolute Gasteiger partial charge is 0 e. The van der Waals surface area contributed by atoms with Crippen LogP contribution < -0.4 is 0 Å². The Morgan fingerprint density at radius 3 is 1.79 bits per heavy atom. The largest absolute Gasteiger partial charge is 0.176 e. The monoisotopic (exact) mass is 264 g/mol. The first-order valence-electron chi connectivity index (χ1n) is 4.94. The number of hydrogen-bond acceptors (Lipinski definition) is 0. The van der Waals surface area contributed by atoms with Crippen LogP contribution in [0.25, 0.3) is 0 Å². The molecular weight excluding hydrogens is 245 g/mol. The topological polar surface area (TPSA) is 0 Å². The summed E-state index contributed by atoms with van der Waals surface area (Å²) in [5.41, 5.74) is 6.91. The van der Waals surface area contributed by atoms with Crippen molar-refractivity contribution < 1.29 is 32.7 Å². The van der Waals surface area contributed by atoms with Crippen LogP contribution in [0.3, 0.4) is 0 Å². The van der Waals surface area contributed by atoms with Crippen molar-refractivity contribution in [2.45, 2.75) is 47.5 Å². The summed E-state index contributed by atoms with van der Waals surface area (Å²) in [6.07, 6.45) is 0. The van der Waals surface area contributed by atoms with Gasteiger partial charge in [-0.25, -0.2) is 0 Å². The van der Waals surface area contributed by atoms with E-state index in [1.165, 1.54) is 27.8 Å². The Hall–Kier alpha value is 0.324. The average Bonchev–Trinajstić information content (AvgIpc) is 2.07. The molecule has 0 nitrogen and oxygen atoms in total. The van der Waals surface area contributed by atoms with Gasteiger partial charge in [0.2, 0.25) is 0 Å². The minimum absolute atomic E-state index is 0. The summed E-state index contributed by atoms with van der Waals surface area (Å²) < 4.78 is 0. The molecule has 1 aromatic rings. The third-order valence-electron chi connectivity index (χ3n) is 2.99. The first kappa shape index (κ1) is 14.3. The quantitative estimate of drug-likeness (QED) is 0.676. The van der Waals surface area contributed by atoms with E-state index in [0.29, 0.717) is 5.92 Å². The SMILES string of the molecule is Cc1[c-]c(C(C)C)c(C)c(C)c1C.[Y].